The molecule has 3 aromatic carbocycles. The number of ether oxygens (including phenoxy) is 2. The third-order valence-corrected chi connectivity index (χ3v) is 7.42. The molecule has 0 bridgehead atoms. The first-order valence-corrected chi connectivity index (χ1v) is 14.1. The van der Waals surface area contributed by atoms with Gasteiger partial charge < -0.3 is 25.4 Å². The summed E-state index contributed by atoms with van der Waals surface area (Å²) >= 11 is 0. The predicted molar refractivity (Wildman–Crippen MR) is 159 cm³/mol. The van der Waals surface area contributed by atoms with Crippen LogP contribution >= 0.6 is 0 Å². The first-order valence-electron chi connectivity index (χ1n) is 14.1. The van der Waals surface area contributed by atoms with Gasteiger partial charge in [0.2, 0.25) is 5.91 Å². The molecule has 1 aromatic heterocycles. The normalized spacial score (nSPS) is 17.4. The van der Waals surface area contributed by atoms with Crippen molar-refractivity contribution in [1.82, 2.24) is 25.8 Å². The zero-order valence-electron chi connectivity index (χ0n) is 23.7. The second-order valence-corrected chi connectivity index (χ2v) is 10.3. The van der Waals surface area contributed by atoms with E-state index in [1.165, 1.54) is 7.11 Å². The SMILES string of the molecule is COC(=O)N[C@H](C(=O)Nc1ccccc1CC[C@@H]1CN[C@H](c2n[nH]c(C)n2)CO1)C(c1ccccc1)c1ccccc1. The van der Waals surface area contributed by atoms with Crippen molar-refractivity contribution in [3.63, 3.8) is 0 Å². The van der Waals surface area contributed by atoms with Gasteiger partial charge in [0, 0.05) is 18.2 Å². The van der Waals surface area contributed by atoms with Crippen LogP contribution in [0.2, 0.25) is 0 Å². The van der Waals surface area contributed by atoms with E-state index in [2.05, 4.69) is 31.1 Å². The number of aromatic amines is 1. The second-order valence-electron chi connectivity index (χ2n) is 10.3. The van der Waals surface area contributed by atoms with E-state index >= 15 is 0 Å². The molecule has 10 nitrogen and oxygen atoms in total. The summed E-state index contributed by atoms with van der Waals surface area (Å²) in [5.74, 6) is 0.695. The number of hydrogen-bond acceptors (Lipinski definition) is 7. The van der Waals surface area contributed by atoms with Gasteiger partial charge in [-0.2, -0.15) is 5.10 Å². The number of aryl methyl sites for hydroxylation is 2. The summed E-state index contributed by atoms with van der Waals surface area (Å²) in [6.07, 6.45) is 0.795. The van der Waals surface area contributed by atoms with Crippen molar-refractivity contribution in [3.8, 4) is 0 Å². The molecule has 1 aliphatic heterocycles. The molecule has 1 saturated heterocycles. The van der Waals surface area contributed by atoms with E-state index in [1.807, 2.05) is 91.9 Å². The maximum Gasteiger partial charge on any atom is 0.407 e. The largest absolute Gasteiger partial charge is 0.453 e. The van der Waals surface area contributed by atoms with E-state index in [4.69, 9.17) is 9.47 Å². The van der Waals surface area contributed by atoms with Gasteiger partial charge in [0.1, 0.15) is 11.9 Å². The van der Waals surface area contributed by atoms with Crippen LogP contribution in [-0.4, -0.2) is 59.6 Å². The van der Waals surface area contributed by atoms with Crippen LogP contribution in [0.1, 0.15) is 46.7 Å². The molecule has 42 heavy (non-hydrogen) atoms. The molecule has 4 aromatic rings. The zero-order valence-corrected chi connectivity index (χ0v) is 23.7. The number of nitrogens with one attached hydrogen (secondary N) is 4. The Morgan fingerprint density at radius 3 is 2.26 bits per heavy atom. The Morgan fingerprint density at radius 1 is 1.00 bits per heavy atom. The number of nitrogens with zero attached hydrogens (tertiary/aromatic N) is 2. The highest BCUT2D eigenvalue weighted by Crippen LogP contribution is 2.30. The van der Waals surface area contributed by atoms with Gasteiger partial charge in [-0.15, -0.1) is 0 Å². The molecule has 5 rings (SSSR count). The molecule has 0 saturated carbocycles. The first-order chi connectivity index (χ1) is 20.5. The molecule has 218 valence electrons. The molecular formula is C32H36N6O4. The molecule has 2 amide bonds. The topological polar surface area (TPSA) is 130 Å². The summed E-state index contributed by atoms with van der Waals surface area (Å²) < 4.78 is 11.0. The Labute approximate surface area is 245 Å². The van der Waals surface area contributed by atoms with Crippen LogP contribution in [0, 0.1) is 6.92 Å². The first kappa shape index (κ1) is 29.0. The number of morpholine rings is 1. The van der Waals surface area contributed by atoms with E-state index in [-0.39, 0.29) is 18.1 Å². The van der Waals surface area contributed by atoms with Crippen LogP contribution < -0.4 is 16.0 Å². The van der Waals surface area contributed by atoms with Crippen LogP contribution in [0.4, 0.5) is 10.5 Å². The molecular weight excluding hydrogens is 532 g/mol. The lowest BCUT2D eigenvalue weighted by atomic mass is 9.84. The standard InChI is InChI=1S/C32H36N6O4/c1-21-34-30(38-37-21)27-20-42-25(19-33-27)18-17-22-11-9-10-16-26(22)35-31(39)29(36-32(40)41-2)28(23-12-5-3-6-13-23)24-14-7-4-8-15-24/h3-16,25,27-29,33H,17-20H2,1-2H3,(H,35,39)(H,36,40)(H,34,37,38)/t25-,27+,29+/m1/s1. The average molecular weight is 569 g/mol. The maximum atomic E-state index is 14.0. The number of amides is 2. The van der Waals surface area contributed by atoms with E-state index in [1.54, 1.807) is 0 Å². The molecule has 0 spiro atoms. The minimum Gasteiger partial charge on any atom is -0.453 e. The number of anilines is 1. The Morgan fingerprint density at radius 2 is 1.67 bits per heavy atom. The van der Waals surface area contributed by atoms with Crippen LogP contribution in [0.25, 0.3) is 0 Å². The van der Waals surface area contributed by atoms with E-state index < -0.39 is 18.1 Å². The van der Waals surface area contributed by atoms with Gasteiger partial charge in [0.25, 0.3) is 0 Å². The summed E-state index contributed by atoms with van der Waals surface area (Å²) in [6, 6.07) is 26.1. The highest BCUT2D eigenvalue weighted by atomic mass is 16.5. The summed E-state index contributed by atoms with van der Waals surface area (Å²) in [4.78, 5) is 30.8. The van der Waals surface area contributed by atoms with Gasteiger partial charge in [0.15, 0.2) is 5.82 Å². The molecule has 4 N–H and O–H groups in total. The molecule has 0 radical (unpaired) electrons. The van der Waals surface area contributed by atoms with Crippen molar-refractivity contribution in [1.29, 1.82) is 0 Å². The third kappa shape index (κ3) is 7.20. The van der Waals surface area contributed by atoms with E-state index in [0.29, 0.717) is 31.1 Å². The summed E-state index contributed by atoms with van der Waals surface area (Å²) in [5, 5.41) is 16.5. The van der Waals surface area contributed by atoms with Gasteiger partial charge in [0.05, 0.1) is 25.9 Å². The van der Waals surface area contributed by atoms with Gasteiger partial charge in [-0.05, 0) is 42.5 Å². The van der Waals surface area contributed by atoms with Gasteiger partial charge in [-0.3, -0.25) is 9.89 Å². The summed E-state index contributed by atoms with van der Waals surface area (Å²) in [6.45, 7) is 3.03. The molecule has 1 aliphatic rings. The Hall–Kier alpha value is -4.54. The molecule has 3 atom stereocenters. The summed E-state index contributed by atoms with van der Waals surface area (Å²) in [7, 11) is 1.29. The lowest BCUT2D eigenvalue weighted by Gasteiger charge is -2.29. The second kappa shape index (κ2) is 13.9. The fraction of sp³-hybridized carbons (Fsp3) is 0.312. The van der Waals surface area contributed by atoms with Gasteiger partial charge in [-0.1, -0.05) is 78.9 Å². The van der Waals surface area contributed by atoms with Crippen molar-refractivity contribution >= 4 is 17.7 Å². The minimum atomic E-state index is -0.933. The van der Waals surface area contributed by atoms with Crippen molar-refractivity contribution in [3.05, 3.63) is 113 Å². The quantitative estimate of drug-likeness (QED) is 0.225. The smallest absolute Gasteiger partial charge is 0.407 e. The Balaban J connectivity index is 1.30. The van der Waals surface area contributed by atoms with Crippen LogP contribution in [0.15, 0.2) is 84.9 Å². The fourth-order valence-electron chi connectivity index (χ4n) is 5.26. The lowest BCUT2D eigenvalue weighted by molar-refractivity contribution is -0.118. The molecule has 0 unspecified atom stereocenters. The van der Waals surface area contributed by atoms with Crippen molar-refractivity contribution in [2.24, 2.45) is 0 Å². The molecule has 1 fully saturated rings. The highest BCUT2D eigenvalue weighted by Gasteiger charge is 2.33. The number of aromatic nitrogens is 3. The number of carbonyl (C=O) groups is 2. The Bertz CT molecular complexity index is 1410. The minimum absolute atomic E-state index is 0.0133. The monoisotopic (exact) mass is 568 g/mol. The van der Waals surface area contributed by atoms with Gasteiger partial charge in [-0.25, -0.2) is 9.78 Å². The average Bonchev–Trinajstić information content (AvgIpc) is 3.47. The summed E-state index contributed by atoms with van der Waals surface area (Å²) in [5.41, 5.74) is 3.47. The van der Waals surface area contributed by atoms with Crippen LogP contribution in [-0.2, 0) is 20.7 Å². The predicted octanol–water partition coefficient (Wildman–Crippen LogP) is 4.27. The van der Waals surface area contributed by atoms with Gasteiger partial charge >= 0.3 is 6.09 Å². The van der Waals surface area contributed by atoms with Crippen LogP contribution in [0.5, 0.6) is 0 Å². The number of benzene rings is 3. The number of rotatable bonds is 10. The molecule has 10 heteroatoms. The van der Waals surface area contributed by atoms with Crippen molar-refractivity contribution < 1.29 is 19.1 Å². The van der Waals surface area contributed by atoms with E-state index in [0.717, 1.165) is 28.9 Å². The Kier molecular flexibility index (Phi) is 9.58. The number of methoxy groups -OCH3 is 1. The molecule has 0 aliphatic carbocycles. The highest BCUT2D eigenvalue weighted by molar-refractivity contribution is 5.98. The van der Waals surface area contributed by atoms with Crippen LogP contribution in [0.3, 0.4) is 0 Å². The van der Waals surface area contributed by atoms with E-state index in [9.17, 15) is 9.59 Å². The lowest BCUT2D eigenvalue weighted by Crippen LogP contribution is -2.48. The maximum absolute atomic E-state index is 14.0. The third-order valence-electron chi connectivity index (χ3n) is 7.42. The number of H-pyrrole nitrogens is 1. The number of alkyl carbamates (subject to hydrolysis) is 1. The van der Waals surface area contributed by atoms with Crippen molar-refractivity contribution in [2.75, 3.05) is 25.6 Å². The molecule has 2 heterocycles. The number of hydrogen-bond donors (Lipinski definition) is 4. The number of carbonyl (C=O) groups excluding carboxylic acids is 2. The number of para-hydroxylation sites is 1. The zero-order chi connectivity index (χ0) is 29.3. The van der Waals surface area contributed by atoms with Crippen molar-refractivity contribution in [2.45, 2.75) is 43.9 Å². The fourth-order valence-corrected chi connectivity index (χ4v) is 5.26.